The lowest BCUT2D eigenvalue weighted by Gasteiger charge is -2.26. The number of nitrogens with one attached hydrogen (secondary N) is 3. The fourth-order valence-electron chi connectivity index (χ4n) is 4.22. The molecule has 0 spiro atoms. The summed E-state index contributed by atoms with van der Waals surface area (Å²) in [6, 6.07) is 6.61. The summed E-state index contributed by atoms with van der Waals surface area (Å²) in [4.78, 5) is 56.7. The molecule has 4 heterocycles. The zero-order valence-corrected chi connectivity index (χ0v) is 24.0. The number of halogens is 1. The number of hydrogen-bond acceptors (Lipinski definition) is 11. The molecule has 0 bridgehead atoms. The molecule has 1 saturated heterocycles. The van der Waals surface area contributed by atoms with Crippen LogP contribution in [-0.4, -0.2) is 81.8 Å². The SMILES string of the molecule is O=C(/C=C/C(=O)Nc1cc2c(Nc3ccc(C(=O)c4cncs4)c(Cl)c3)ncnc2cn1)NCCCN1CCOCC1. The minimum Gasteiger partial charge on any atom is -0.379 e. The molecular formula is C28H27ClN8O4S. The van der Waals surface area contributed by atoms with Gasteiger partial charge in [-0.2, -0.15) is 0 Å². The largest absolute Gasteiger partial charge is 0.379 e. The highest BCUT2D eigenvalue weighted by atomic mass is 35.5. The van der Waals surface area contributed by atoms with Crippen LogP contribution in [0.3, 0.4) is 0 Å². The van der Waals surface area contributed by atoms with E-state index in [0.29, 0.717) is 39.4 Å². The first-order valence-corrected chi connectivity index (χ1v) is 14.4. The number of morpholine rings is 1. The van der Waals surface area contributed by atoms with Gasteiger partial charge < -0.3 is 20.7 Å². The number of thiazole rings is 1. The highest BCUT2D eigenvalue weighted by Gasteiger charge is 2.16. The molecule has 0 unspecified atom stereocenters. The maximum Gasteiger partial charge on any atom is 0.249 e. The lowest BCUT2D eigenvalue weighted by molar-refractivity contribution is -0.117. The summed E-state index contributed by atoms with van der Waals surface area (Å²) in [6.45, 7) is 4.68. The second-order valence-electron chi connectivity index (χ2n) is 9.24. The molecule has 2 amide bonds. The Balaban J connectivity index is 1.18. The fraction of sp³-hybridized carbons (Fsp3) is 0.250. The number of carbonyl (C=O) groups excluding carboxylic acids is 3. The highest BCUT2D eigenvalue weighted by molar-refractivity contribution is 7.12. The molecule has 0 atom stereocenters. The quantitative estimate of drug-likeness (QED) is 0.131. The van der Waals surface area contributed by atoms with Gasteiger partial charge in [-0.3, -0.25) is 24.3 Å². The average Bonchev–Trinajstić information content (AvgIpc) is 3.54. The Morgan fingerprint density at radius 2 is 1.88 bits per heavy atom. The maximum atomic E-state index is 12.7. The predicted molar refractivity (Wildman–Crippen MR) is 160 cm³/mol. The van der Waals surface area contributed by atoms with E-state index < -0.39 is 5.91 Å². The molecule has 1 aliphatic rings. The van der Waals surface area contributed by atoms with Crippen molar-refractivity contribution >= 4 is 68.8 Å². The first-order valence-electron chi connectivity index (χ1n) is 13.1. The van der Waals surface area contributed by atoms with Crippen molar-refractivity contribution in [2.75, 3.05) is 50.0 Å². The Hall–Kier alpha value is -4.30. The second-order valence-corrected chi connectivity index (χ2v) is 10.5. The van der Waals surface area contributed by atoms with E-state index in [2.05, 4.69) is 40.8 Å². The van der Waals surface area contributed by atoms with Crippen molar-refractivity contribution in [1.29, 1.82) is 0 Å². The summed E-state index contributed by atoms with van der Waals surface area (Å²) in [5.74, 6) is -0.364. The minimum absolute atomic E-state index is 0.205. The summed E-state index contributed by atoms with van der Waals surface area (Å²) in [7, 11) is 0. The van der Waals surface area contributed by atoms with Gasteiger partial charge >= 0.3 is 0 Å². The number of anilines is 3. The van der Waals surface area contributed by atoms with Gasteiger partial charge in [-0.1, -0.05) is 11.6 Å². The number of fused-ring (bicyclic) bond motifs is 1. The first-order chi connectivity index (χ1) is 20.5. The number of aromatic nitrogens is 4. The molecule has 3 aromatic heterocycles. The predicted octanol–water partition coefficient (Wildman–Crippen LogP) is 3.44. The second kappa shape index (κ2) is 14.0. The van der Waals surface area contributed by atoms with Crippen molar-refractivity contribution in [1.82, 2.24) is 30.2 Å². The van der Waals surface area contributed by atoms with E-state index >= 15 is 0 Å². The van der Waals surface area contributed by atoms with Gasteiger partial charge in [0.15, 0.2) is 0 Å². The molecule has 1 aromatic carbocycles. The summed E-state index contributed by atoms with van der Waals surface area (Å²) < 4.78 is 5.33. The summed E-state index contributed by atoms with van der Waals surface area (Å²) in [6.07, 6.45) is 7.55. The monoisotopic (exact) mass is 606 g/mol. The third kappa shape index (κ3) is 7.70. The Kier molecular flexibility index (Phi) is 9.77. The lowest BCUT2D eigenvalue weighted by atomic mass is 10.1. The van der Waals surface area contributed by atoms with Crippen LogP contribution >= 0.6 is 22.9 Å². The van der Waals surface area contributed by atoms with E-state index in [1.54, 1.807) is 29.8 Å². The van der Waals surface area contributed by atoms with Crippen molar-refractivity contribution in [3.8, 4) is 0 Å². The van der Waals surface area contributed by atoms with Crippen molar-refractivity contribution in [3.63, 3.8) is 0 Å². The zero-order valence-electron chi connectivity index (χ0n) is 22.4. The third-order valence-corrected chi connectivity index (χ3v) is 7.43. The molecule has 1 aliphatic heterocycles. The van der Waals surface area contributed by atoms with Gasteiger partial charge in [0.05, 0.1) is 40.3 Å². The van der Waals surface area contributed by atoms with Gasteiger partial charge in [-0.05, 0) is 37.2 Å². The summed E-state index contributed by atoms with van der Waals surface area (Å²) in [5, 5.41) is 9.48. The number of ether oxygens (including phenoxy) is 1. The summed E-state index contributed by atoms with van der Waals surface area (Å²) in [5.41, 5.74) is 3.09. The number of pyridine rings is 1. The number of ketones is 1. The van der Waals surface area contributed by atoms with E-state index in [4.69, 9.17) is 16.3 Å². The van der Waals surface area contributed by atoms with Crippen molar-refractivity contribution < 1.29 is 19.1 Å². The lowest BCUT2D eigenvalue weighted by Crippen LogP contribution is -2.38. The molecule has 42 heavy (non-hydrogen) atoms. The average molecular weight is 607 g/mol. The normalized spacial score (nSPS) is 13.7. The number of amides is 2. The van der Waals surface area contributed by atoms with Crippen LogP contribution in [0.1, 0.15) is 21.7 Å². The van der Waals surface area contributed by atoms with Gasteiger partial charge in [-0.25, -0.2) is 15.0 Å². The molecule has 12 nitrogen and oxygen atoms in total. The molecule has 14 heteroatoms. The standard InChI is InChI=1S/C28H27ClN8O4S/c29-21-12-18(2-3-19(21)27(40)23-15-30-17-42-23)35-28-20-13-24(32-14-22(20)33-16-34-28)36-26(39)5-4-25(38)31-6-1-7-37-8-10-41-11-9-37/h2-5,12-17H,1,6-11H2,(H,31,38)(H,32,36,39)(H,33,34,35)/b5-4+. The molecule has 1 fully saturated rings. The topological polar surface area (TPSA) is 151 Å². The molecule has 216 valence electrons. The number of hydrogen-bond donors (Lipinski definition) is 3. The van der Waals surface area contributed by atoms with Crippen LogP contribution in [0.5, 0.6) is 0 Å². The van der Waals surface area contributed by atoms with E-state index in [-0.39, 0.29) is 22.5 Å². The molecule has 5 rings (SSSR count). The van der Waals surface area contributed by atoms with Crippen LogP contribution in [0.4, 0.5) is 17.3 Å². The van der Waals surface area contributed by atoms with Crippen LogP contribution in [0, 0.1) is 0 Å². The van der Waals surface area contributed by atoms with E-state index in [9.17, 15) is 14.4 Å². The van der Waals surface area contributed by atoms with Gasteiger partial charge in [-0.15, -0.1) is 11.3 Å². The number of benzene rings is 1. The van der Waals surface area contributed by atoms with Gasteiger partial charge in [0.1, 0.15) is 18.0 Å². The highest BCUT2D eigenvalue weighted by Crippen LogP contribution is 2.29. The maximum absolute atomic E-state index is 12.7. The van der Waals surface area contributed by atoms with Gasteiger partial charge in [0.2, 0.25) is 17.6 Å². The van der Waals surface area contributed by atoms with Crippen LogP contribution < -0.4 is 16.0 Å². The van der Waals surface area contributed by atoms with Gasteiger partial charge in [0, 0.05) is 54.6 Å². The van der Waals surface area contributed by atoms with Crippen LogP contribution in [0.25, 0.3) is 10.9 Å². The fourth-order valence-corrected chi connectivity index (χ4v) is 5.06. The number of rotatable bonds is 11. The Labute approximate surface area is 250 Å². The Morgan fingerprint density at radius 3 is 2.67 bits per heavy atom. The molecule has 3 N–H and O–H groups in total. The Morgan fingerprint density at radius 1 is 1.05 bits per heavy atom. The minimum atomic E-state index is -0.510. The van der Waals surface area contributed by atoms with E-state index in [1.807, 2.05) is 0 Å². The number of nitrogens with zero attached hydrogens (tertiary/aromatic N) is 5. The Bertz CT molecular complexity index is 1610. The molecule has 0 aliphatic carbocycles. The van der Waals surface area contributed by atoms with E-state index in [0.717, 1.165) is 45.3 Å². The zero-order chi connectivity index (χ0) is 29.3. The van der Waals surface area contributed by atoms with Crippen molar-refractivity contribution in [3.05, 3.63) is 76.1 Å². The third-order valence-electron chi connectivity index (χ3n) is 6.35. The van der Waals surface area contributed by atoms with Crippen LogP contribution in [0.15, 0.2) is 60.6 Å². The van der Waals surface area contributed by atoms with Gasteiger partial charge in [0.25, 0.3) is 0 Å². The number of carbonyl (C=O) groups is 3. The van der Waals surface area contributed by atoms with Crippen LogP contribution in [0.2, 0.25) is 5.02 Å². The first kappa shape index (κ1) is 29.2. The van der Waals surface area contributed by atoms with Crippen LogP contribution in [-0.2, 0) is 14.3 Å². The molecule has 4 aromatic rings. The molecule has 0 radical (unpaired) electrons. The van der Waals surface area contributed by atoms with E-state index in [1.165, 1.54) is 36.1 Å². The van der Waals surface area contributed by atoms with Crippen molar-refractivity contribution in [2.45, 2.75) is 6.42 Å². The summed E-state index contributed by atoms with van der Waals surface area (Å²) >= 11 is 7.66. The smallest absolute Gasteiger partial charge is 0.249 e. The molecular weight excluding hydrogens is 580 g/mol. The molecule has 0 saturated carbocycles. The van der Waals surface area contributed by atoms with Crippen molar-refractivity contribution in [2.24, 2.45) is 0 Å².